The number of aliphatic carboxylic acids is 1. The second-order valence-corrected chi connectivity index (χ2v) is 9.24. The van der Waals surface area contributed by atoms with E-state index in [9.17, 15) is 9.90 Å². The highest BCUT2D eigenvalue weighted by atomic mass is 35.5. The van der Waals surface area contributed by atoms with E-state index in [1.165, 1.54) is 0 Å². The zero-order valence-electron chi connectivity index (χ0n) is 18.7. The predicted molar refractivity (Wildman–Crippen MR) is 140 cm³/mol. The molecule has 0 bridgehead atoms. The standard InChI is InChI=1S/C26H21Cl2N3O3S/c1-2-31-24(17-11-13-20(27)14-12-17)29-30-26(31)35-23(25(32)33)15-18-7-4-6-10-22(18)34-16-19-8-3-5-9-21(19)28/h3-15H,2,16H2,1H3,(H,32,33)/b23-15-. The first-order valence-electron chi connectivity index (χ1n) is 10.7. The van der Waals surface area contributed by atoms with Gasteiger partial charge in [0.15, 0.2) is 11.0 Å². The molecular weight excluding hydrogens is 505 g/mol. The lowest BCUT2D eigenvalue weighted by atomic mass is 10.2. The first-order valence-corrected chi connectivity index (χ1v) is 12.3. The number of hydrogen-bond donors (Lipinski definition) is 1. The fourth-order valence-corrected chi connectivity index (χ4v) is 4.53. The van der Waals surface area contributed by atoms with Crippen LogP contribution in [0, 0.1) is 0 Å². The number of aromatic nitrogens is 3. The number of thioether (sulfide) groups is 1. The van der Waals surface area contributed by atoms with Gasteiger partial charge in [-0.2, -0.15) is 0 Å². The van der Waals surface area contributed by atoms with Crippen LogP contribution < -0.4 is 4.74 Å². The molecule has 4 rings (SSSR count). The van der Waals surface area contributed by atoms with Crippen LogP contribution in [-0.4, -0.2) is 25.8 Å². The molecule has 35 heavy (non-hydrogen) atoms. The Hall–Kier alpha value is -3.26. The lowest BCUT2D eigenvalue weighted by Gasteiger charge is -2.11. The number of halogens is 2. The van der Waals surface area contributed by atoms with Crippen LogP contribution in [0.4, 0.5) is 0 Å². The molecule has 0 unspecified atom stereocenters. The minimum Gasteiger partial charge on any atom is -0.488 e. The molecule has 0 saturated carbocycles. The van der Waals surface area contributed by atoms with Crippen LogP contribution in [0.2, 0.25) is 10.0 Å². The van der Waals surface area contributed by atoms with E-state index in [2.05, 4.69) is 10.2 Å². The number of benzene rings is 3. The fraction of sp³-hybridized carbons (Fsp3) is 0.115. The quantitative estimate of drug-likeness (QED) is 0.186. The third-order valence-corrected chi connectivity index (χ3v) is 6.71. The van der Waals surface area contributed by atoms with E-state index >= 15 is 0 Å². The molecule has 3 aromatic carbocycles. The summed E-state index contributed by atoms with van der Waals surface area (Å²) in [6, 6.07) is 21.9. The van der Waals surface area contributed by atoms with Crippen LogP contribution >= 0.6 is 35.0 Å². The molecule has 1 N–H and O–H groups in total. The number of para-hydroxylation sites is 1. The van der Waals surface area contributed by atoms with Crippen molar-refractivity contribution in [1.29, 1.82) is 0 Å². The number of ether oxygens (including phenoxy) is 1. The summed E-state index contributed by atoms with van der Waals surface area (Å²) in [6.45, 7) is 2.78. The molecular formula is C26H21Cl2N3O3S. The SMILES string of the molecule is CCn1c(S/C(=C\c2ccccc2OCc2ccccc2Cl)C(=O)O)nnc1-c1ccc(Cl)cc1. The third kappa shape index (κ3) is 6.06. The Kier molecular flexibility index (Phi) is 8.13. The topological polar surface area (TPSA) is 77.2 Å². The molecule has 0 saturated heterocycles. The van der Waals surface area contributed by atoms with Gasteiger partial charge in [0.25, 0.3) is 0 Å². The van der Waals surface area contributed by atoms with E-state index < -0.39 is 5.97 Å². The molecule has 9 heteroatoms. The summed E-state index contributed by atoms with van der Waals surface area (Å²) in [6.07, 6.45) is 1.57. The van der Waals surface area contributed by atoms with Crippen molar-refractivity contribution in [2.24, 2.45) is 0 Å². The van der Waals surface area contributed by atoms with Gasteiger partial charge in [-0.3, -0.25) is 0 Å². The maximum Gasteiger partial charge on any atom is 0.342 e. The second-order valence-electron chi connectivity index (χ2n) is 7.39. The van der Waals surface area contributed by atoms with Crippen molar-refractivity contribution in [2.75, 3.05) is 0 Å². The molecule has 0 radical (unpaired) electrons. The monoisotopic (exact) mass is 525 g/mol. The Bertz CT molecular complexity index is 1370. The highest BCUT2D eigenvalue weighted by molar-refractivity contribution is 8.04. The number of nitrogens with zero attached hydrogens (tertiary/aromatic N) is 3. The van der Waals surface area contributed by atoms with Gasteiger partial charge < -0.3 is 14.4 Å². The van der Waals surface area contributed by atoms with Gasteiger partial charge in [0, 0.05) is 33.3 Å². The summed E-state index contributed by atoms with van der Waals surface area (Å²) >= 11 is 13.3. The summed E-state index contributed by atoms with van der Waals surface area (Å²) < 4.78 is 7.84. The summed E-state index contributed by atoms with van der Waals surface area (Å²) in [5.74, 6) is 0.111. The minimum absolute atomic E-state index is 0.0866. The van der Waals surface area contributed by atoms with Gasteiger partial charge in [-0.15, -0.1) is 10.2 Å². The van der Waals surface area contributed by atoms with Crippen LogP contribution in [0.15, 0.2) is 82.9 Å². The average Bonchev–Trinajstić information content (AvgIpc) is 3.26. The van der Waals surface area contributed by atoms with Crippen molar-refractivity contribution < 1.29 is 14.6 Å². The first kappa shape index (κ1) is 24.9. The maximum absolute atomic E-state index is 12.1. The number of rotatable bonds is 9. The number of carboxylic acid groups (broad SMARTS) is 1. The lowest BCUT2D eigenvalue weighted by Crippen LogP contribution is -2.03. The normalized spacial score (nSPS) is 11.5. The average molecular weight is 526 g/mol. The van der Waals surface area contributed by atoms with Crippen LogP contribution in [0.3, 0.4) is 0 Å². The van der Waals surface area contributed by atoms with Gasteiger partial charge in [-0.05, 0) is 61.2 Å². The molecule has 4 aromatic rings. The van der Waals surface area contributed by atoms with E-state index in [0.717, 1.165) is 22.9 Å². The molecule has 0 aliphatic rings. The molecule has 6 nitrogen and oxygen atoms in total. The second kappa shape index (κ2) is 11.4. The lowest BCUT2D eigenvalue weighted by molar-refractivity contribution is -0.131. The van der Waals surface area contributed by atoms with Gasteiger partial charge in [-0.1, -0.05) is 59.6 Å². The predicted octanol–water partition coefficient (Wildman–Crippen LogP) is 7.07. The first-order chi connectivity index (χ1) is 17.0. The molecule has 1 heterocycles. The Morgan fingerprint density at radius 1 is 1.03 bits per heavy atom. The molecule has 0 aliphatic carbocycles. The van der Waals surface area contributed by atoms with Gasteiger partial charge in [0.2, 0.25) is 0 Å². The van der Waals surface area contributed by atoms with Crippen molar-refractivity contribution >= 4 is 47.0 Å². The van der Waals surface area contributed by atoms with Crippen LogP contribution in [0.5, 0.6) is 5.75 Å². The summed E-state index contributed by atoms with van der Waals surface area (Å²) in [5, 5.41) is 20.2. The van der Waals surface area contributed by atoms with Crippen molar-refractivity contribution in [3.05, 3.63) is 98.9 Å². The smallest absolute Gasteiger partial charge is 0.342 e. The molecule has 178 valence electrons. The zero-order chi connectivity index (χ0) is 24.8. The van der Waals surface area contributed by atoms with E-state index in [4.69, 9.17) is 27.9 Å². The fourth-order valence-electron chi connectivity index (χ4n) is 3.34. The highest BCUT2D eigenvalue weighted by Gasteiger charge is 2.19. The molecule has 0 amide bonds. The number of carbonyl (C=O) groups is 1. The van der Waals surface area contributed by atoms with Gasteiger partial charge in [-0.25, -0.2) is 4.79 Å². The molecule has 0 aliphatic heterocycles. The Balaban J connectivity index is 1.61. The van der Waals surface area contributed by atoms with E-state index in [1.54, 1.807) is 36.4 Å². The Labute approximate surface area is 217 Å². The number of hydrogen-bond acceptors (Lipinski definition) is 5. The van der Waals surface area contributed by atoms with Gasteiger partial charge in [0.05, 0.1) is 0 Å². The number of carboxylic acids is 1. The van der Waals surface area contributed by atoms with E-state index in [1.807, 2.05) is 54.0 Å². The summed E-state index contributed by atoms with van der Waals surface area (Å²) in [5.41, 5.74) is 2.31. The van der Waals surface area contributed by atoms with E-state index in [-0.39, 0.29) is 11.5 Å². The van der Waals surface area contributed by atoms with Crippen LogP contribution in [0.1, 0.15) is 18.1 Å². The van der Waals surface area contributed by atoms with Crippen molar-refractivity contribution in [2.45, 2.75) is 25.2 Å². The minimum atomic E-state index is -1.07. The van der Waals surface area contributed by atoms with Gasteiger partial charge in [0.1, 0.15) is 17.3 Å². The zero-order valence-corrected chi connectivity index (χ0v) is 21.0. The van der Waals surface area contributed by atoms with Crippen LogP contribution in [0.25, 0.3) is 17.5 Å². The Morgan fingerprint density at radius 3 is 2.46 bits per heavy atom. The summed E-state index contributed by atoms with van der Waals surface area (Å²) in [4.78, 5) is 12.2. The third-order valence-electron chi connectivity index (χ3n) is 5.09. The maximum atomic E-state index is 12.1. The van der Waals surface area contributed by atoms with E-state index in [0.29, 0.717) is 38.9 Å². The van der Waals surface area contributed by atoms with Gasteiger partial charge >= 0.3 is 5.97 Å². The molecule has 0 spiro atoms. The van der Waals surface area contributed by atoms with Crippen molar-refractivity contribution in [3.63, 3.8) is 0 Å². The molecule has 0 fully saturated rings. The van der Waals surface area contributed by atoms with Crippen LogP contribution in [-0.2, 0) is 17.9 Å². The van der Waals surface area contributed by atoms with Crippen molar-refractivity contribution in [1.82, 2.24) is 14.8 Å². The molecule has 0 atom stereocenters. The largest absolute Gasteiger partial charge is 0.488 e. The molecule has 1 aromatic heterocycles. The summed E-state index contributed by atoms with van der Waals surface area (Å²) in [7, 11) is 0. The van der Waals surface area contributed by atoms with Crippen molar-refractivity contribution in [3.8, 4) is 17.1 Å². The Morgan fingerprint density at radius 2 is 1.74 bits per heavy atom. The highest BCUT2D eigenvalue weighted by Crippen LogP contribution is 2.32.